The Morgan fingerprint density at radius 1 is 1.22 bits per heavy atom. The lowest BCUT2D eigenvalue weighted by molar-refractivity contribution is 0.0946. The summed E-state index contributed by atoms with van der Waals surface area (Å²) >= 11 is 12.6. The van der Waals surface area contributed by atoms with E-state index in [1.165, 1.54) is 12.7 Å². The Labute approximate surface area is 226 Å². The van der Waals surface area contributed by atoms with Gasteiger partial charge in [-0.15, -0.1) is 11.3 Å². The summed E-state index contributed by atoms with van der Waals surface area (Å²) in [5.74, 6) is 0.609. The zero-order chi connectivity index (χ0) is 26.0. The first-order valence-corrected chi connectivity index (χ1v) is 14.6. The summed E-state index contributed by atoms with van der Waals surface area (Å²) < 4.78 is 29.5. The van der Waals surface area contributed by atoms with E-state index < -0.39 is 8.68 Å². The third-order valence-corrected chi connectivity index (χ3v) is 9.66. The smallest absolute Gasteiger partial charge is 0.273 e. The number of hydrogen-bond acceptors (Lipinski definition) is 8. The quantitative estimate of drug-likeness (QED) is 0.259. The molecule has 13 heteroatoms. The SMILES string of the molecule is COc1cccc2c1c(NS(=O)(=S)c1ccc(Cl)s1)nn2Cc1cccc(CNC(=O)c2cocn2)c1. The molecule has 3 aromatic heterocycles. The highest BCUT2D eigenvalue weighted by atomic mass is 35.5. The van der Waals surface area contributed by atoms with Gasteiger partial charge in [-0.2, -0.15) is 5.10 Å². The van der Waals surface area contributed by atoms with Gasteiger partial charge in [-0.05, 0) is 35.4 Å². The predicted octanol–water partition coefficient (Wildman–Crippen LogP) is 4.86. The number of anilines is 1. The van der Waals surface area contributed by atoms with Crippen LogP contribution in [0.15, 0.2) is 75.9 Å². The number of amides is 1. The van der Waals surface area contributed by atoms with Crippen LogP contribution < -0.4 is 14.8 Å². The molecule has 0 spiro atoms. The number of fused-ring (bicyclic) bond motifs is 1. The van der Waals surface area contributed by atoms with E-state index in [9.17, 15) is 9.00 Å². The lowest BCUT2D eigenvalue weighted by Crippen LogP contribution is -2.23. The molecule has 0 saturated heterocycles. The van der Waals surface area contributed by atoms with Crippen molar-refractivity contribution in [2.24, 2.45) is 0 Å². The maximum Gasteiger partial charge on any atom is 0.273 e. The fraction of sp³-hybridized carbons (Fsp3) is 0.125. The van der Waals surface area contributed by atoms with Gasteiger partial charge in [0.1, 0.15) is 16.2 Å². The van der Waals surface area contributed by atoms with Crippen molar-refractivity contribution in [3.8, 4) is 5.75 Å². The van der Waals surface area contributed by atoms with E-state index in [4.69, 9.17) is 37.0 Å². The lowest BCUT2D eigenvalue weighted by atomic mass is 10.1. The Morgan fingerprint density at radius 3 is 2.76 bits per heavy atom. The lowest BCUT2D eigenvalue weighted by Gasteiger charge is -2.08. The number of hydrogen-bond donors (Lipinski definition) is 2. The van der Waals surface area contributed by atoms with Crippen molar-refractivity contribution in [1.29, 1.82) is 0 Å². The van der Waals surface area contributed by atoms with Gasteiger partial charge in [0.05, 0.1) is 28.9 Å². The molecule has 5 aromatic rings. The minimum Gasteiger partial charge on any atom is -0.496 e. The van der Waals surface area contributed by atoms with Crippen LogP contribution >= 0.6 is 22.9 Å². The highest BCUT2D eigenvalue weighted by Gasteiger charge is 2.21. The molecule has 2 N–H and O–H groups in total. The van der Waals surface area contributed by atoms with Gasteiger partial charge < -0.3 is 14.5 Å². The van der Waals surface area contributed by atoms with Crippen LogP contribution in [-0.2, 0) is 33.0 Å². The molecule has 9 nitrogen and oxygen atoms in total. The molecule has 1 atom stereocenters. The monoisotopic (exact) mass is 573 g/mol. The van der Waals surface area contributed by atoms with Gasteiger partial charge in [0.15, 0.2) is 26.6 Å². The highest BCUT2D eigenvalue weighted by molar-refractivity contribution is 8.34. The maximum absolute atomic E-state index is 13.4. The maximum atomic E-state index is 13.4. The van der Waals surface area contributed by atoms with E-state index >= 15 is 0 Å². The van der Waals surface area contributed by atoms with Crippen LogP contribution in [0.3, 0.4) is 0 Å². The molecule has 3 heterocycles. The fourth-order valence-corrected chi connectivity index (χ4v) is 6.99. The topological polar surface area (TPSA) is 111 Å². The van der Waals surface area contributed by atoms with Gasteiger partial charge in [0.25, 0.3) is 5.91 Å². The number of carbonyl (C=O) groups excluding carboxylic acids is 1. The minimum atomic E-state index is -3.08. The van der Waals surface area contributed by atoms with Crippen molar-refractivity contribution in [3.05, 3.63) is 88.4 Å². The summed E-state index contributed by atoms with van der Waals surface area (Å²) in [7, 11) is -1.51. The number of carbonyl (C=O) groups is 1. The molecule has 0 aliphatic carbocycles. The molecular weight excluding hydrogens is 554 g/mol. The number of thiophene rings is 1. The summed E-state index contributed by atoms with van der Waals surface area (Å²) in [5, 5.41) is 8.20. The number of oxazole rings is 1. The molecule has 0 saturated carbocycles. The molecule has 2 aromatic carbocycles. The summed E-state index contributed by atoms with van der Waals surface area (Å²) in [6.45, 7) is 0.737. The fourth-order valence-electron chi connectivity index (χ4n) is 3.79. The molecular formula is C24H20ClN5O4S3. The van der Waals surface area contributed by atoms with Gasteiger partial charge in [0.2, 0.25) is 0 Å². The number of aromatic nitrogens is 3. The van der Waals surface area contributed by atoms with E-state index in [0.717, 1.165) is 28.0 Å². The van der Waals surface area contributed by atoms with Crippen LogP contribution in [0.2, 0.25) is 4.34 Å². The van der Waals surface area contributed by atoms with E-state index in [-0.39, 0.29) is 11.6 Å². The molecule has 0 fully saturated rings. The Bertz CT molecular complexity index is 1680. The summed E-state index contributed by atoms with van der Waals surface area (Å²) in [6, 6.07) is 16.7. The first-order chi connectivity index (χ1) is 17.8. The molecule has 0 bridgehead atoms. The van der Waals surface area contributed by atoms with Gasteiger partial charge in [0, 0.05) is 17.7 Å². The molecule has 190 valence electrons. The number of rotatable bonds is 9. The second-order valence-corrected chi connectivity index (χ2v) is 12.9. The number of benzene rings is 2. The highest BCUT2D eigenvalue weighted by Crippen LogP contribution is 2.35. The van der Waals surface area contributed by atoms with Crippen molar-refractivity contribution < 1.29 is 18.2 Å². The van der Waals surface area contributed by atoms with Crippen molar-refractivity contribution >= 4 is 65.4 Å². The van der Waals surface area contributed by atoms with Crippen molar-refractivity contribution in [1.82, 2.24) is 20.1 Å². The Balaban J connectivity index is 1.43. The second-order valence-electron chi connectivity index (χ2n) is 7.90. The summed E-state index contributed by atoms with van der Waals surface area (Å²) in [4.78, 5) is 16.0. The minimum absolute atomic E-state index is 0.219. The molecule has 1 unspecified atom stereocenters. The standard InChI is InChI=1S/C24H20ClN5O4S3/c1-33-19-7-3-6-18-22(19)23(29-37(32,35)21-9-8-20(25)36-21)28-30(18)12-16-5-2-4-15(10-16)11-26-24(31)17-13-34-14-27-17/h2-10,13-14H,11-12H2,1H3,(H,26,31)(H,28,29). The van der Waals surface area contributed by atoms with Gasteiger partial charge in [-0.25, -0.2) is 9.19 Å². The molecule has 0 aliphatic heterocycles. The van der Waals surface area contributed by atoms with E-state index in [1.807, 2.05) is 42.5 Å². The van der Waals surface area contributed by atoms with E-state index in [0.29, 0.717) is 38.6 Å². The van der Waals surface area contributed by atoms with Crippen LogP contribution in [0.4, 0.5) is 5.82 Å². The predicted molar refractivity (Wildman–Crippen MR) is 146 cm³/mol. The first kappa shape index (κ1) is 25.2. The zero-order valence-corrected chi connectivity index (χ0v) is 22.5. The second kappa shape index (κ2) is 10.5. The number of nitrogens with zero attached hydrogens (tertiary/aromatic N) is 3. The van der Waals surface area contributed by atoms with Crippen LogP contribution in [0.5, 0.6) is 5.75 Å². The van der Waals surface area contributed by atoms with Crippen LogP contribution in [0, 0.1) is 0 Å². The third-order valence-electron chi connectivity index (χ3n) is 5.45. The van der Waals surface area contributed by atoms with Crippen LogP contribution in [-0.4, -0.2) is 32.0 Å². The van der Waals surface area contributed by atoms with E-state index in [2.05, 4.69) is 15.0 Å². The Kier molecular flexibility index (Phi) is 7.15. The van der Waals surface area contributed by atoms with Gasteiger partial charge >= 0.3 is 0 Å². The summed E-state index contributed by atoms with van der Waals surface area (Å²) in [5.41, 5.74) is 2.86. The summed E-state index contributed by atoms with van der Waals surface area (Å²) in [6.07, 6.45) is 2.50. The first-order valence-electron chi connectivity index (χ1n) is 10.9. The zero-order valence-electron chi connectivity index (χ0n) is 19.3. The average molecular weight is 574 g/mol. The molecule has 1 amide bonds. The molecule has 5 rings (SSSR count). The normalized spacial score (nSPS) is 12.8. The van der Waals surface area contributed by atoms with Crippen LogP contribution in [0.25, 0.3) is 10.9 Å². The average Bonchev–Trinajstić information content (AvgIpc) is 3.64. The van der Waals surface area contributed by atoms with Crippen molar-refractivity contribution in [2.75, 3.05) is 11.8 Å². The number of nitrogens with one attached hydrogen (secondary N) is 2. The van der Waals surface area contributed by atoms with Crippen molar-refractivity contribution in [3.63, 3.8) is 0 Å². The Hall–Kier alpha value is -3.45. The molecule has 0 radical (unpaired) electrons. The van der Waals surface area contributed by atoms with Gasteiger partial charge in [-0.3, -0.25) is 14.2 Å². The number of ether oxygens (including phenoxy) is 1. The third kappa shape index (κ3) is 5.47. The number of methoxy groups -OCH3 is 1. The van der Waals surface area contributed by atoms with Gasteiger partial charge in [-0.1, -0.05) is 41.9 Å². The Morgan fingerprint density at radius 2 is 2.03 bits per heavy atom. The molecule has 0 aliphatic rings. The number of halogens is 1. The van der Waals surface area contributed by atoms with Crippen LogP contribution in [0.1, 0.15) is 21.6 Å². The molecule has 37 heavy (non-hydrogen) atoms. The largest absolute Gasteiger partial charge is 0.496 e. The van der Waals surface area contributed by atoms with E-state index in [1.54, 1.807) is 23.9 Å². The van der Waals surface area contributed by atoms with Crippen molar-refractivity contribution in [2.45, 2.75) is 17.3 Å².